The SMILES string of the molecule is C[C@H](C(=O)NCc1nncn1CCc1ccccc1)N1CCCC1=O. The molecule has 0 radical (unpaired) electrons. The van der Waals surface area contributed by atoms with Crippen LogP contribution >= 0.6 is 0 Å². The van der Waals surface area contributed by atoms with E-state index in [-0.39, 0.29) is 11.8 Å². The molecule has 0 saturated carbocycles. The van der Waals surface area contributed by atoms with Crippen LogP contribution in [0.1, 0.15) is 31.2 Å². The van der Waals surface area contributed by atoms with Crippen molar-refractivity contribution in [1.29, 1.82) is 0 Å². The Morgan fingerprint density at radius 1 is 1.32 bits per heavy atom. The quantitative estimate of drug-likeness (QED) is 0.819. The van der Waals surface area contributed by atoms with Crippen molar-refractivity contribution in [3.05, 3.63) is 48.0 Å². The van der Waals surface area contributed by atoms with E-state index in [0.29, 0.717) is 25.3 Å². The largest absolute Gasteiger partial charge is 0.347 e. The van der Waals surface area contributed by atoms with Crippen LogP contribution in [0.4, 0.5) is 0 Å². The van der Waals surface area contributed by atoms with Gasteiger partial charge in [0, 0.05) is 19.5 Å². The van der Waals surface area contributed by atoms with Gasteiger partial charge in [-0.15, -0.1) is 10.2 Å². The van der Waals surface area contributed by atoms with E-state index in [1.54, 1.807) is 18.2 Å². The number of hydrogen-bond acceptors (Lipinski definition) is 4. The summed E-state index contributed by atoms with van der Waals surface area (Å²) in [5.41, 5.74) is 1.24. The summed E-state index contributed by atoms with van der Waals surface area (Å²) in [6.07, 6.45) is 3.91. The lowest BCUT2D eigenvalue weighted by molar-refractivity contribution is -0.136. The molecule has 1 atom stereocenters. The highest BCUT2D eigenvalue weighted by atomic mass is 16.2. The van der Waals surface area contributed by atoms with Crippen LogP contribution < -0.4 is 5.32 Å². The third-order valence-corrected chi connectivity index (χ3v) is 4.56. The summed E-state index contributed by atoms with van der Waals surface area (Å²) in [4.78, 5) is 25.7. The predicted molar refractivity (Wildman–Crippen MR) is 92.4 cm³/mol. The fraction of sp³-hybridized carbons (Fsp3) is 0.444. The van der Waals surface area contributed by atoms with Crippen LogP contribution in [0.25, 0.3) is 0 Å². The van der Waals surface area contributed by atoms with Crippen LogP contribution in [0, 0.1) is 0 Å². The maximum Gasteiger partial charge on any atom is 0.242 e. The van der Waals surface area contributed by atoms with Gasteiger partial charge in [-0.2, -0.15) is 0 Å². The number of amides is 2. The van der Waals surface area contributed by atoms with Crippen LogP contribution in [0.15, 0.2) is 36.7 Å². The molecule has 1 saturated heterocycles. The van der Waals surface area contributed by atoms with E-state index in [1.807, 2.05) is 22.8 Å². The number of carbonyl (C=O) groups is 2. The van der Waals surface area contributed by atoms with Crippen LogP contribution in [-0.2, 0) is 29.1 Å². The summed E-state index contributed by atoms with van der Waals surface area (Å²) in [5, 5.41) is 10.9. The Labute approximate surface area is 147 Å². The molecular weight excluding hydrogens is 318 g/mol. The summed E-state index contributed by atoms with van der Waals surface area (Å²) in [6, 6.07) is 9.75. The Bertz CT molecular complexity index is 728. The minimum atomic E-state index is -0.448. The molecule has 2 heterocycles. The summed E-state index contributed by atoms with van der Waals surface area (Å²) in [5.74, 6) is 0.603. The minimum absolute atomic E-state index is 0.0497. The fourth-order valence-corrected chi connectivity index (χ4v) is 3.03. The third kappa shape index (κ3) is 4.23. The molecule has 1 N–H and O–H groups in total. The van der Waals surface area contributed by atoms with E-state index in [1.165, 1.54) is 5.56 Å². The Balaban J connectivity index is 1.52. The first kappa shape index (κ1) is 17.1. The van der Waals surface area contributed by atoms with Crippen molar-refractivity contribution < 1.29 is 9.59 Å². The van der Waals surface area contributed by atoms with Crippen LogP contribution in [0.2, 0.25) is 0 Å². The van der Waals surface area contributed by atoms with E-state index in [9.17, 15) is 9.59 Å². The molecule has 0 aliphatic carbocycles. The number of hydrogen-bond donors (Lipinski definition) is 1. The molecule has 1 aliphatic heterocycles. The molecule has 1 aliphatic rings. The topological polar surface area (TPSA) is 80.1 Å². The monoisotopic (exact) mass is 341 g/mol. The molecular formula is C18H23N5O2. The van der Waals surface area contributed by atoms with E-state index >= 15 is 0 Å². The van der Waals surface area contributed by atoms with Crippen molar-refractivity contribution in [3.63, 3.8) is 0 Å². The molecule has 2 aromatic rings. The highest BCUT2D eigenvalue weighted by Gasteiger charge is 2.29. The summed E-state index contributed by atoms with van der Waals surface area (Å²) >= 11 is 0. The van der Waals surface area contributed by atoms with Crippen molar-refractivity contribution in [2.75, 3.05) is 6.54 Å². The normalized spacial score (nSPS) is 15.4. The first-order valence-corrected chi connectivity index (χ1v) is 8.63. The van der Waals surface area contributed by atoms with Gasteiger partial charge in [0.15, 0.2) is 5.82 Å². The predicted octanol–water partition coefficient (Wildman–Crippen LogP) is 1.15. The number of rotatable bonds is 7. The van der Waals surface area contributed by atoms with Crippen molar-refractivity contribution in [3.8, 4) is 0 Å². The highest BCUT2D eigenvalue weighted by molar-refractivity contribution is 5.88. The van der Waals surface area contributed by atoms with Gasteiger partial charge >= 0.3 is 0 Å². The number of likely N-dealkylation sites (tertiary alicyclic amines) is 1. The first-order valence-electron chi connectivity index (χ1n) is 8.63. The molecule has 0 bridgehead atoms. The number of benzene rings is 1. The smallest absolute Gasteiger partial charge is 0.242 e. The van der Waals surface area contributed by atoms with E-state index in [2.05, 4.69) is 27.6 Å². The number of aromatic nitrogens is 3. The van der Waals surface area contributed by atoms with Gasteiger partial charge < -0.3 is 14.8 Å². The minimum Gasteiger partial charge on any atom is -0.347 e. The molecule has 1 aromatic carbocycles. The fourth-order valence-electron chi connectivity index (χ4n) is 3.03. The molecule has 3 rings (SSSR count). The first-order chi connectivity index (χ1) is 12.1. The summed E-state index contributed by atoms with van der Waals surface area (Å²) < 4.78 is 1.94. The average Bonchev–Trinajstić information content (AvgIpc) is 3.26. The third-order valence-electron chi connectivity index (χ3n) is 4.56. The van der Waals surface area contributed by atoms with Gasteiger partial charge in [-0.3, -0.25) is 9.59 Å². The number of nitrogens with zero attached hydrogens (tertiary/aromatic N) is 4. The van der Waals surface area contributed by atoms with Gasteiger partial charge in [-0.1, -0.05) is 30.3 Å². The van der Waals surface area contributed by atoms with Gasteiger partial charge in [0.25, 0.3) is 0 Å². The second-order valence-electron chi connectivity index (χ2n) is 6.26. The molecule has 1 fully saturated rings. The Hall–Kier alpha value is -2.70. The van der Waals surface area contributed by atoms with Gasteiger partial charge in [0.05, 0.1) is 6.54 Å². The average molecular weight is 341 g/mol. The second kappa shape index (κ2) is 7.92. The molecule has 7 heteroatoms. The van der Waals surface area contributed by atoms with Gasteiger partial charge in [-0.05, 0) is 25.3 Å². The van der Waals surface area contributed by atoms with Gasteiger partial charge in [0.2, 0.25) is 11.8 Å². The Morgan fingerprint density at radius 3 is 2.84 bits per heavy atom. The van der Waals surface area contributed by atoms with E-state index < -0.39 is 6.04 Å². The number of nitrogens with one attached hydrogen (secondary N) is 1. The lowest BCUT2D eigenvalue weighted by Gasteiger charge is -2.23. The van der Waals surface area contributed by atoms with Crippen molar-refractivity contribution in [2.45, 2.75) is 45.3 Å². The number of carbonyl (C=O) groups excluding carboxylic acids is 2. The van der Waals surface area contributed by atoms with Crippen LogP contribution in [0.5, 0.6) is 0 Å². The lowest BCUT2D eigenvalue weighted by Crippen LogP contribution is -2.45. The molecule has 0 unspecified atom stereocenters. The maximum atomic E-state index is 12.3. The standard InChI is InChI=1S/C18H23N5O2/c1-14(23-10-5-8-17(23)24)18(25)19-12-16-21-20-13-22(16)11-9-15-6-3-2-4-7-15/h2-4,6-7,13-14H,5,8-12H2,1H3,(H,19,25)/t14-/m1/s1. The molecule has 7 nitrogen and oxygen atoms in total. The zero-order valence-electron chi connectivity index (χ0n) is 14.4. The maximum absolute atomic E-state index is 12.3. The van der Waals surface area contributed by atoms with E-state index in [0.717, 1.165) is 19.4 Å². The van der Waals surface area contributed by atoms with Crippen LogP contribution in [0.3, 0.4) is 0 Å². The van der Waals surface area contributed by atoms with Gasteiger partial charge in [-0.25, -0.2) is 0 Å². The zero-order chi connectivity index (χ0) is 17.6. The van der Waals surface area contributed by atoms with Gasteiger partial charge in [0.1, 0.15) is 12.4 Å². The summed E-state index contributed by atoms with van der Waals surface area (Å²) in [7, 11) is 0. The summed E-state index contributed by atoms with van der Waals surface area (Å²) in [6.45, 7) is 3.47. The second-order valence-corrected chi connectivity index (χ2v) is 6.26. The molecule has 132 valence electrons. The van der Waals surface area contributed by atoms with Crippen molar-refractivity contribution in [1.82, 2.24) is 25.0 Å². The molecule has 2 amide bonds. The van der Waals surface area contributed by atoms with Crippen molar-refractivity contribution >= 4 is 11.8 Å². The van der Waals surface area contributed by atoms with Crippen LogP contribution in [-0.4, -0.2) is 44.1 Å². The Morgan fingerprint density at radius 2 is 2.12 bits per heavy atom. The van der Waals surface area contributed by atoms with E-state index in [4.69, 9.17) is 0 Å². The molecule has 1 aromatic heterocycles. The lowest BCUT2D eigenvalue weighted by atomic mass is 10.1. The molecule has 25 heavy (non-hydrogen) atoms. The Kier molecular flexibility index (Phi) is 5.42. The zero-order valence-corrected chi connectivity index (χ0v) is 14.4. The number of aryl methyl sites for hydroxylation is 2. The highest BCUT2D eigenvalue weighted by Crippen LogP contribution is 2.13. The van der Waals surface area contributed by atoms with Crippen molar-refractivity contribution in [2.24, 2.45) is 0 Å². The molecule has 0 spiro atoms.